The van der Waals surface area contributed by atoms with Gasteiger partial charge in [0.15, 0.2) is 12.6 Å². The zero-order valence-corrected chi connectivity index (χ0v) is 11.7. The summed E-state index contributed by atoms with van der Waals surface area (Å²) in [5.41, 5.74) is 1.02. The van der Waals surface area contributed by atoms with Crippen LogP contribution in [0.25, 0.3) is 0 Å². The van der Waals surface area contributed by atoms with Gasteiger partial charge in [-0.05, 0) is 0 Å². The van der Waals surface area contributed by atoms with Gasteiger partial charge in [0.1, 0.15) is 12.2 Å². The minimum Gasteiger partial charge on any atom is -0.376 e. The first-order valence-electron chi connectivity index (χ1n) is 6.85. The van der Waals surface area contributed by atoms with Gasteiger partial charge < -0.3 is 23.7 Å². The van der Waals surface area contributed by atoms with Crippen LogP contribution in [0.15, 0.2) is 30.3 Å². The van der Waals surface area contributed by atoms with Crippen LogP contribution < -0.4 is 0 Å². The molecule has 20 heavy (non-hydrogen) atoms. The summed E-state index contributed by atoms with van der Waals surface area (Å²) in [6.07, 6.45) is -0.210. The van der Waals surface area contributed by atoms with Crippen LogP contribution in [-0.2, 0) is 23.7 Å². The fourth-order valence-electron chi connectivity index (χ4n) is 2.71. The van der Waals surface area contributed by atoms with Gasteiger partial charge in [-0.1, -0.05) is 30.3 Å². The summed E-state index contributed by atoms with van der Waals surface area (Å²) in [5.74, 6) is 0. The molecule has 3 rings (SSSR count). The van der Waals surface area contributed by atoms with E-state index < -0.39 is 0 Å². The second-order valence-corrected chi connectivity index (χ2v) is 5.04. The van der Waals surface area contributed by atoms with E-state index in [0.717, 1.165) is 12.0 Å². The third-order valence-corrected chi connectivity index (χ3v) is 3.81. The lowest BCUT2D eigenvalue weighted by Crippen LogP contribution is -2.54. The molecule has 0 aromatic heterocycles. The molecule has 5 heteroatoms. The first kappa shape index (κ1) is 14.0. The van der Waals surface area contributed by atoms with Crippen molar-refractivity contribution >= 4 is 0 Å². The first-order valence-corrected chi connectivity index (χ1v) is 6.85. The van der Waals surface area contributed by atoms with Crippen molar-refractivity contribution in [2.75, 3.05) is 20.8 Å². The van der Waals surface area contributed by atoms with E-state index in [0.29, 0.717) is 6.61 Å². The summed E-state index contributed by atoms with van der Waals surface area (Å²) >= 11 is 0. The van der Waals surface area contributed by atoms with Crippen molar-refractivity contribution in [2.24, 2.45) is 0 Å². The average Bonchev–Trinajstić information content (AvgIpc) is 2.53. The van der Waals surface area contributed by atoms with Crippen molar-refractivity contribution in [3.8, 4) is 0 Å². The molecule has 0 amide bonds. The van der Waals surface area contributed by atoms with Crippen LogP contribution in [0.5, 0.6) is 0 Å². The van der Waals surface area contributed by atoms with Crippen LogP contribution in [0.1, 0.15) is 18.3 Å². The van der Waals surface area contributed by atoms with Crippen molar-refractivity contribution in [1.82, 2.24) is 0 Å². The molecular formula is C15H20O5. The first-order chi connectivity index (χ1) is 9.81. The molecule has 1 unspecified atom stereocenters. The molecule has 1 aromatic carbocycles. The lowest BCUT2D eigenvalue weighted by atomic mass is 10.0. The maximum absolute atomic E-state index is 6.02. The van der Waals surface area contributed by atoms with Crippen LogP contribution in [-0.4, -0.2) is 45.4 Å². The summed E-state index contributed by atoms with van der Waals surface area (Å²) in [6, 6.07) is 9.93. The number of hydrogen-bond donors (Lipinski definition) is 0. The summed E-state index contributed by atoms with van der Waals surface area (Å²) < 4.78 is 28.3. The highest BCUT2D eigenvalue weighted by molar-refractivity contribution is 5.16. The SMILES string of the molecule is CO[C@H]1O[C@@H]2COC(c3ccccc3)O[C@H]2C[C@H]1OC. The highest BCUT2D eigenvalue weighted by Crippen LogP contribution is 2.34. The van der Waals surface area contributed by atoms with E-state index in [1.165, 1.54) is 0 Å². The van der Waals surface area contributed by atoms with E-state index >= 15 is 0 Å². The van der Waals surface area contributed by atoms with Gasteiger partial charge in [0.25, 0.3) is 0 Å². The van der Waals surface area contributed by atoms with Crippen molar-refractivity contribution in [3.63, 3.8) is 0 Å². The van der Waals surface area contributed by atoms with E-state index in [-0.39, 0.29) is 30.9 Å². The third-order valence-electron chi connectivity index (χ3n) is 3.81. The Hall–Kier alpha value is -0.980. The topological polar surface area (TPSA) is 46.2 Å². The molecule has 0 spiro atoms. The second-order valence-electron chi connectivity index (χ2n) is 5.04. The fraction of sp³-hybridized carbons (Fsp3) is 0.600. The van der Waals surface area contributed by atoms with E-state index in [2.05, 4.69) is 0 Å². The maximum atomic E-state index is 6.02. The highest BCUT2D eigenvalue weighted by Gasteiger charge is 2.43. The molecular weight excluding hydrogens is 260 g/mol. The molecule has 0 radical (unpaired) electrons. The standard InChI is InChI=1S/C15H20O5/c1-16-12-8-11-13(20-15(12)17-2)9-18-14(19-11)10-6-4-3-5-7-10/h3-7,11-15H,8-9H2,1-2H3/t11-,12+,13+,14?,15-/m0/s1. The van der Waals surface area contributed by atoms with Crippen molar-refractivity contribution in [3.05, 3.63) is 35.9 Å². The van der Waals surface area contributed by atoms with Crippen molar-refractivity contribution < 1.29 is 23.7 Å². The Kier molecular flexibility index (Phi) is 4.33. The predicted octanol–water partition coefficient (Wildman–Crippen LogP) is 1.88. The van der Waals surface area contributed by atoms with E-state index in [4.69, 9.17) is 23.7 Å². The van der Waals surface area contributed by atoms with Crippen LogP contribution >= 0.6 is 0 Å². The minimum atomic E-state index is -0.360. The molecule has 0 aliphatic carbocycles. The fourth-order valence-corrected chi connectivity index (χ4v) is 2.71. The molecule has 0 saturated carbocycles. The smallest absolute Gasteiger partial charge is 0.184 e. The second kappa shape index (κ2) is 6.20. The molecule has 2 heterocycles. The largest absolute Gasteiger partial charge is 0.376 e. The Morgan fingerprint density at radius 3 is 2.50 bits per heavy atom. The van der Waals surface area contributed by atoms with Gasteiger partial charge in [-0.15, -0.1) is 0 Å². The van der Waals surface area contributed by atoms with Gasteiger partial charge in [0.2, 0.25) is 0 Å². The Balaban J connectivity index is 1.68. The van der Waals surface area contributed by atoms with Crippen molar-refractivity contribution in [1.29, 1.82) is 0 Å². The Morgan fingerprint density at radius 2 is 1.80 bits per heavy atom. The summed E-state index contributed by atoms with van der Waals surface area (Å²) in [7, 11) is 3.28. The van der Waals surface area contributed by atoms with Gasteiger partial charge in [-0.3, -0.25) is 0 Å². The van der Waals surface area contributed by atoms with Crippen LogP contribution in [0.2, 0.25) is 0 Å². The molecule has 0 N–H and O–H groups in total. The van der Waals surface area contributed by atoms with Crippen LogP contribution in [0, 0.1) is 0 Å². The molecule has 1 aromatic rings. The van der Waals surface area contributed by atoms with Gasteiger partial charge in [-0.2, -0.15) is 0 Å². The van der Waals surface area contributed by atoms with Crippen LogP contribution in [0.3, 0.4) is 0 Å². The van der Waals surface area contributed by atoms with Gasteiger partial charge in [-0.25, -0.2) is 0 Å². The highest BCUT2D eigenvalue weighted by atomic mass is 16.7. The quantitative estimate of drug-likeness (QED) is 0.846. The van der Waals surface area contributed by atoms with E-state index in [1.807, 2.05) is 30.3 Å². The average molecular weight is 280 g/mol. The molecule has 5 nitrogen and oxygen atoms in total. The Labute approximate surface area is 118 Å². The molecule has 2 saturated heterocycles. The number of benzene rings is 1. The lowest BCUT2D eigenvalue weighted by Gasteiger charge is -2.44. The van der Waals surface area contributed by atoms with E-state index in [1.54, 1.807) is 14.2 Å². The number of fused-ring (bicyclic) bond motifs is 1. The van der Waals surface area contributed by atoms with Gasteiger partial charge >= 0.3 is 0 Å². The molecule has 2 aliphatic rings. The number of ether oxygens (including phenoxy) is 5. The van der Waals surface area contributed by atoms with Gasteiger partial charge in [0, 0.05) is 26.2 Å². The number of hydrogen-bond acceptors (Lipinski definition) is 5. The number of methoxy groups -OCH3 is 2. The Bertz CT molecular complexity index is 424. The van der Waals surface area contributed by atoms with Gasteiger partial charge in [0.05, 0.1) is 12.7 Å². The summed E-state index contributed by atoms with van der Waals surface area (Å²) in [5, 5.41) is 0. The van der Waals surface area contributed by atoms with Crippen molar-refractivity contribution in [2.45, 2.75) is 37.3 Å². The molecule has 5 atom stereocenters. The zero-order chi connectivity index (χ0) is 13.9. The molecule has 2 aliphatic heterocycles. The lowest BCUT2D eigenvalue weighted by molar-refractivity contribution is -0.335. The van der Waals surface area contributed by atoms with E-state index in [9.17, 15) is 0 Å². The number of rotatable bonds is 3. The normalized spacial score (nSPS) is 37.4. The molecule has 110 valence electrons. The summed E-state index contributed by atoms with van der Waals surface area (Å²) in [4.78, 5) is 0. The molecule has 2 fully saturated rings. The summed E-state index contributed by atoms with van der Waals surface area (Å²) in [6.45, 7) is 0.501. The van der Waals surface area contributed by atoms with Crippen LogP contribution in [0.4, 0.5) is 0 Å². The predicted molar refractivity (Wildman–Crippen MR) is 71.1 cm³/mol. The Morgan fingerprint density at radius 1 is 1.00 bits per heavy atom. The third kappa shape index (κ3) is 2.73. The minimum absolute atomic E-state index is 0.0368. The zero-order valence-electron chi connectivity index (χ0n) is 11.7. The maximum Gasteiger partial charge on any atom is 0.184 e. The molecule has 0 bridgehead atoms. The monoisotopic (exact) mass is 280 g/mol.